The number of halogens is 1. The van der Waals surface area contributed by atoms with E-state index in [1.54, 1.807) is 24.3 Å². The molecule has 0 atom stereocenters. The number of rotatable bonds is 4. The van der Waals surface area contributed by atoms with Crippen molar-refractivity contribution in [2.75, 3.05) is 0 Å². The Bertz CT molecular complexity index is 769. The molecule has 2 rings (SSSR count). The second kappa shape index (κ2) is 6.05. The van der Waals surface area contributed by atoms with E-state index < -0.39 is 15.8 Å². The molecular weight excluding hydrogens is 291 g/mol. The minimum Gasteiger partial charge on any atom is -0.206 e. The molecule has 0 aliphatic carbocycles. The summed E-state index contributed by atoms with van der Waals surface area (Å²) in [6.07, 6.45) is 0. The lowest BCUT2D eigenvalue weighted by Gasteiger charge is -2.06. The Kier molecular flexibility index (Phi) is 4.37. The van der Waals surface area contributed by atoms with E-state index in [-0.39, 0.29) is 16.2 Å². The van der Waals surface area contributed by atoms with Gasteiger partial charge in [0, 0.05) is 5.56 Å². The van der Waals surface area contributed by atoms with Crippen LogP contribution in [0.5, 0.6) is 0 Å². The minimum absolute atomic E-state index is 0.109. The Morgan fingerprint density at radius 2 is 1.71 bits per heavy atom. The maximum absolute atomic E-state index is 13.6. The summed E-state index contributed by atoms with van der Waals surface area (Å²) in [7, 11) is -3.75. The van der Waals surface area contributed by atoms with Crippen molar-refractivity contribution in [2.24, 2.45) is 5.10 Å². The fraction of sp³-hybridized carbons (Fsp3) is 0.133. The van der Waals surface area contributed by atoms with Gasteiger partial charge in [-0.25, -0.2) is 4.39 Å². The van der Waals surface area contributed by atoms with Crippen molar-refractivity contribution in [3.8, 4) is 0 Å². The number of nitrogens with one attached hydrogen (secondary N) is 1. The highest BCUT2D eigenvalue weighted by Crippen LogP contribution is 2.11. The Balaban J connectivity index is 2.23. The number of hydrogen-bond donors (Lipinski definition) is 1. The lowest BCUT2D eigenvalue weighted by Crippen LogP contribution is -2.20. The van der Waals surface area contributed by atoms with Gasteiger partial charge in [-0.2, -0.15) is 18.4 Å². The maximum atomic E-state index is 13.6. The van der Waals surface area contributed by atoms with Crippen LogP contribution in [0.2, 0.25) is 0 Å². The average Bonchev–Trinajstić information content (AvgIpc) is 2.46. The summed E-state index contributed by atoms with van der Waals surface area (Å²) in [6, 6.07) is 12.4. The van der Waals surface area contributed by atoms with Gasteiger partial charge in [0.2, 0.25) is 0 Å². The second-order valence-electron chi connectivity index (χ2n) is 4.58. The monoisotopic (exact) mass is 306 g/mol. The van der Waals surface area contributed by atoms with Crippen LogP contribution in [0, 0.1) is 12.7 Å². The van der Waals surface area contributed by atoms with E-state index in [1.165, 1.54) is 31.2 Å². The molecule has 2 aromatic carbocycles. The zero-order chi connectivity index (χ0) is 15.5. The van der Waals surface area contributed by atoms with Crippen molar-refractivity contribution >= 4 is 15.7 Å². The quantitative estimate of drug-likeness (QED) is 0.697. The Morgan fingerprint density at radius 3 is 2.33 bits per heavy atom. The van der Waals surface area contributed by atoms with Gasteiger partial charge in [0.15, 0.2) is 0 Å². The molecule has 0 aromatic heterocycles. The average molecular weight is 306 g/mol. The third-order valence-corrected chi connectivity index (χ3v) is 4.15. The van der Waals surface area contributed by atoms with Crippen LogP contribution in [0.15, 0.2) is 58.5 Å². The highest BCUT2D eigenvalue weighted by Gasteiger charge is 2.13. The van der Waals surface area contributed by atoms with Crippen LogP contribution in [-0.4, -0.2) is 14.1 Å². The topological polar surface area (TPSA) is 58.5 Å². The first-order chi connectivity index (χ1) is 9.90. The van der Waals surface area contributed by atoms with Crippen LogP contribution in [0.25, 0.3) is 0 Å². The van der Waals surface area contributed by atoms with E-state index in [2.05, 4.69) is 9.93 Å². The summed E-state index contributed by atoms with van der Waals surface area (Å²) in [5, 5.41) is 3.76. The fourth-order valence-corrected chi connectivity index (χ4v) is 2.57. The van der Waals surface area contributed by atoms with Gasteiger partial charge in [0.05, 0.1) is 10.6 Å². The molecule has 0 unspecified atom stereocenters. The van der Waals surface area contributed by atoms with Crippen molar-refractivity contribution in [3.05, 3.63) is 65.5 Å². The second-order valence-corrected chi connectivity index (χ2v) is 6.25. The van der Waals surface area contributed by atoms with E-state index in [9.17, 15) is 12.8 Å². The predicted molar refractivity (Wildman–Crippen MR) is 80.1 cm³/mol. The molecule has 1 N–H and O–H groups in total. The first-order valence-electron chi connectivity index (χ1n) is 6.28. The minimum atomic E-state index is -3.75. The number of sulfonamides is 1. The first kappa shape index (κ1) is 15.2. The molecule has 0 spiro atoms. The fourth-order valence-electron chi connectivity index (χ4n) is 1.71. The van der Waals surface area contributed by atoms with Gasteiger partial charge < -0.3 is 0 Å². The zero-order valence-corrected chi connectivity index (χ0v) is 12.5. The molecule has 2 aromatic rings. The molecule has 0 amide bonds. The van der Waals surface area contributed by atoms with E-state index in [4.69, 9.17) is 0 Å². The van der Waals surface area contributed by atoms with Crippen LogP contribution in [-0.2, 0) is 10.0 Å². The molecule has 0 saturated carbocycles. The van der Waals surface area contributed by atoms with Crippen molar-refractivity contribution in [1.82, 2.24) is 4.83 Å². The van der Waals surface area contributed by atoms with E-state index in [0.29, 0.717) is 0 Å². The van der Waals surface area contributed by atoms with Crippen LogP contribution in [0.1, 0.15) is 18.1 Å². The van der Waals surface area contributed by atoms with Gasteiger partial charge in [-0.1, -0.05) is 35.9 Å². The zero-order valence-electron chi connectivity index (χ0n) is 11.7. The highest BCUT2D eigenvalue weighted by molar-refractivity contribution is 7.89. The van der Waals surface area contributed by atoms with Gasteiger partial charge in [-0.15, -0.1) is 0 Å². The number of aryl methyl sites for hydroxylation is 1. The molecule has 21 heavy (non-hydrogen) atoms. The molecule has 0 radical (unpaired) electrons. The molecule has 0 bridgehead atoms. The number of benzene rings is 2. The normalized spacial score (nSPS) is 12.2. The predicted octanol–water partition coefficient (Wildman–Crippen LogP) is 2.84. The molecule has 0 aliphatic heterocycles. The summed E-state index contributed by atoms with van der Waals surface area (Å²) in [5.74, 6) is -0.451. The lowest BCUT2D eigenvalue weighted by molar-refractivity contribution is 0.584. The molecule has 6 heteroatoms. The standard InChI is InChI=1S/C15H15FN2O2S/c1-11-7-9-13(10-8-11)21(19,20)18-17-12(2)14-5-3-4-6-15(14)16/h3-10,18H,1-2H3/b17-12+. The van der Waals surface area contributed by atoms with Crippen LogP contribution in [0.3, 0.4) is 0 Å². The lowest BCUT2D eigenvalue weighted by atomic mass is 10.1. The van der Waals surface area contributed by atoms with Crippen LogP contribution >= 0.6 is 0 Å². The summed E-state index contributed by atoms with van der Waals surface area (Å²) >= 11 is 0. The molecule has 0 heterocycles. The summed E-state index contributed by atoms with van der Waals surface area (Å²) in [6.45, 7) is 3.40. The van der Waals surface area contributed by atoms with E-state index in [0.717, 1.165) is 5.56 Å². The number of nitrogens with zero attached hydrogens (tertiary/aromatic N) is 1. The van der Waals surface area contributed by atoms with Gasteiger partial charge in [-0.3, -0.25) is 0 Å². The third kappa shape index (κ3) is 3.66. The molecule has 0 fully saturated rings. The van der Waals surface area contributed by atoms with Gasteiger partial charge in [0.1, 0.15) is 5.82 Å². The first-order valence-corrected chi connectivity index (χ1v) is 7.76. The molecular formula is C15H15FN2O2S. The van der Waals surface area contributed by atoms with Crippen molar-refractivity contribution in [3.63, 3.8) is 0 Å². The third-order valence-electron chi connectivity index (χ3n) is 2.93. The summed E-state index contributed by atoms with van der Waals surface area (Å²) in [5.41, 5.74) is 1.47. The van der Waals surface area contributed by atoms with Crippen molar-refractivity contribution in [1.29, 1.82) is 0 Å². The number of hydrazone groups is 1. The van der Waals surface area contributed by atoms with Crippen LogP contribution < -0.4 is 4.83 Å². The smallest absolute Gasteiger partial charge is 0.206 e. The maximum Gasteiger partial charge on any atom is 0.276 e. The van der Waals surface area contributed by atoms with Crippen molar-refractivity contribution in [2.45, 2.75) is 18.7 Å². The Labute approximate surface area is 123 Å². The SMILES string of the molecule is C/C(=N\NS(=O)(=O)c1ccc(C)cc1)c1ccccc1F. The Morgan fingerprint density at radius 1 is 1.10 bits per heavy atom. The van der Waals surface area contributed by atoms with Crippen LogP contribution in [0.4, 0.5) is 4.39 Å². The van der Waals surface area contributed by atoms with Gasteiger partial charge >= 0.3 is 0 Å². The van der Waals surface area contributed by atoms with E-state index in [1.807, 2.05) is 6.92 Å². The summed E-state index contributed by atoms with van der Waals surface area (Å²) < 4.78 is 37.7. The molecule has 110 valence electrons. The van der Waals surface area contributed by atoms with Gasteiger partial charge in [-0.05, 0) is 32.0 Å². The number of hydrogen-bond acceptors (Lipinski definition) is 3. The van der Waals surface area contributed by atoms with Crippen molar-refractivity contribution < 1.29 is 12.8 Å². The molecule has 0 saturated heterocycles. The van der Waals surface area contributed by atoms with Gasteiger partial charge in [0.25, 0.3) is 10.0 Å². The molecule has 0 aliphatic rings. The summed E-state index contributed by atoms with van der Waals surface area (Å²) in [4.78, 5) is 2.22. The largest absolute Gasteiger partial charge is 0.276 e. The van der Waals surface area contributed by atoms with E-state index >= 15 is 0 Å². The Hall–Kier alpha value is -2.21. The highest BCUT2D eigenvalue weighted by atomic mass is 32.2. The molecule has 4 nitrogen and oxygen atoms in total.